The van der Waals surface area contributed by atoms with Crippen LogP contribution in [0.3, 0.4) is 0 Å². The van der Waals surface area contributed by atoms with E-state index in [2.05, 4.69) is 34.4 Å². The van der Waals surface area contributed by atoms with E-state index in [1.54, 1.807) is 0 Å². The molecular formula is C17H23N3O3S. The summed E-state index contributed by atoms with van der Waals surface area (Å²) in [5, 5.41) is 3.84. The third-order valence-corrected chi connectivity index (χ3v) is 6.43. The summed E-state index contributed by atoms with van der Waals surface area (Å²) >= 11 is 0. The largest absolute Gasteiger partial charge is 0.339 e. The van der Waals surface area contributed by atoms with Crippen LogP contribution in [0.15, 0.2) is 34.9 Å². The highest BCUT2D eigenvalue weighted by Crippen LogP contribution is 2.39. The third-order valence-electron chi connectivity index (χ3n) is 4.70. The molecule has 0 bridgehead atoms. The molecule has 0 amide bonds. The average Bonchev–Trinajstić information content (AvgIpc) is 3.03. The van der Waals surface area contributed by atoms with Gasteiger partial charge in [-0.05, 0) is 37.2 Å². The SMILES string of the molecule is CN(C)S(=O)(=O)Cc1noc(C2CCC(c3ccccc3)CC2)n1. The van der Waals surface area contributed by atoms with Gasteiger partial charge in [0.15, 0.2) is 5.82 Å². The molecule has 1 aromatic carbocycles. The molecule has 0 unspecified atom stereocenters. The van der Waals surface area contributed by atoms with E-state index >= 15 is 0 Å². The number of benzene rings is 1. The first-order chi connectivity index (χ1) is 11.5. The first-order valence-electron chi connectivity index (χ1n) is 8.23. The van der Waals surface area contributed by atoms with E-state index in [0.29, 0.717) is 11.8 Å². The van der Waals surface area contributed by atoms with Gasteiger partial charge in [-0.15, -0.1) is 0 Å². The van der Waals surface area contributed by atoms with Crippen LogP contribution in [0.25, 0.3) is 0 Å². The average molecular weight is 349 g/mol. The fourth-order valence-corrected chi connectivity index (χ4v) is 3.88. The minimum Gasteiger partial charge on any atom is -0.339 e. The van der Waals surface area contributed by atoms with Crippen LogP contribution in [0.2, 0.25) is 0 Å². The van der Waals surface area contributed by atoms with Crippen molar-refractivity contribution in [2.24, 2.45) is 0 Å². The molecule has 0 radical (unpaired) electrons. The first kappa shape index (κ1) is 17.1. The number of sulfonamides is 1. The summed E-state index contributed by atoms with van der Waals surface area (Å²) in [4.78, 5) is 4.32. The first-order valence-corrected chi connectivity index (χ1v) is 9.84. The van der Waals surface area contributed by atoms with Crippen molar-refractivity contribution < 1.29 is 12.9 Å². The molecular weight excluding hydrogens is 326 g/mol. The summed E-state index contributed by atoms with van der Waals surface area (Å²) in [7, 11) is -0.363. The Morgan fingerprint density at radius 2 is 1.71 bits per heavy atom. The Labute approximate surface area is 142 Å². The molecule has 1 heterocycles. The molecule has 0 N–H and O–H groups in total. The van der Waals surface area contributed by atoms with Gasteiger partial charge in [0, 0.05) is 20.0 Å². The number of hydrogen-bond acceptors (Lipinski definition) is 5. The fourth-order valence-electron chi connectivity index (χ4n) is 3.18. The molecule has 24 heavy (non-hydrogen) atoms. The second-order valence-corrected chi connectivity index (χ2v) is 8.73. The molecule has 1 aliphatic carbocycles. The molecule has 3 rings (SSSR count). The smallest absolute Gasteiger partial charge is 0.229 e. The minimum atomic E-state index is -3.37. The van der Waals surface area contributed by atoms with Gasteiger partial charge < -0.3 is 4.52 Å². The summed E-state index contributed by atoms with van der Waals surface area (Å²) in [5.74, 6) is 1.41. The molecule has 0 spiro atoms. The molecule has 2 aromatic rings. The van der Waals surface area contributed by atoms with Crippen molar-refractivity contribution in [1.82, 2.24) is 14.4 Å². The van der Waals surface area contributed by atoms with Crippen molar-refractivity contribution in [3.8, 4) is 0 Å². The van der Waals surface area contributed by atoms with Crippen molar-refractivity contribution in [3.63, 3.8) is 0 Å². The number of nitrogens with zero attached hydrogens (tertiary/aromatic N) is 3. The van der Waals surface area contributed by atoms with Gasteiger partial charge in [-0.1, -0.05) is 35.5 Å². The van der Waals surface area contributed by atoms with Gasteiger partial charge in [-0.3, -0.25) is 0 Å². The molecule has 1 saturated carbocycles. The Morgan fingerprint density at radius 3 is 2.33 bits per heavy atom. The van der Waals surface area contributed by atoms with Crippen molar-refractivity contribution >= 4 is 10.0 Å². The molecule has 6 nitrogen and oxygen atoms in total. The summed E-state index contributed by atoms with van der Waals surface area (Å²) in [6.45, 7) is 0. The molecule has 1 aromatic heterocycles. The third kappa shape index (κ3) is 3.84. The second-order valence-electron chi connectivity index (χ2n) is 6.55. The molecule has 0 saturated heterocycles. The Balaban J connectivity index is 1.61. The van der Waals surface area contributed by atoms with Crippen LogP contribution in [-0.2, 0) is 15.8 Å². The van der Waals surface area contributed by atoms with Crippen LogP contribution in [0.4, 0.5) is 0 Å². The lowest BCUT2D eigenvalue weighted by molar-refractivity contribution is 0.299. The summed E-state index contributed by atoms with van der Waals surface area (Å²) in [6.07, 6.45) is 4.15. The standard InChI is InChI=1S/C17H23N3O3S/c1-20(2)24(21,22)12-16-18-17(23-19-16)15-10-8-14(9-11-15)13-6-4-3-5-7-13/h3-7,14-15H,8-12H2,1-2H3. The highest BCUT2D eigenvalue weighted by molar-refractivity contribution is 7.88. The van der Waals surface area contributed by atoms with Crippen LogP contribution in [0.1, 0.15) is 54.8 Å². The Hall–Kier alpha value is -1.73. The summed E-state index contributed by atoms with van der Waals surface area (Å²) in [6, 6.07) is 10.6. The highest BCUT2D eigenvalue weighted by atomic mass is 32.2. The van der Waals surface area contributed by atoms with Crippen LogP contribution < -0.4 is 0 Å². The molecule has 0 atom stereocenters. The molecule has 0 aliphatic heterocycles. The highest BCUT2D eigenvalue weighted by Gasteiger charge is 2.28. The van der Waals surface area contributed by atoms with Gasteiger partial charge >= 0.3 is 0 Å². The Morgan fingerprint density at radius 1 is 1.08 bits per heavy atom. The van der Waals surface area contributed by atoms with Crippen molar-refractivity contribution in [1.29, 1.82) is 0 Å². The van der Waals surface area contributed by atoms with E-state index in [0.717, 1.165) is 25.7 Å². The molecule has 1 fully saturated rings. The van der Waals surface area contributed by atoms with Gasteiger partial charge in [0.1, 0.15) is 5.75 Å². The van der Waals surface area contributed by atoms with Gasteiger partial charge in [-0.25, -0.2) is 12.7 Å². The van der Waals surface area contributed by atoms with Crippen LogP contribution in [-0.4, -0.2) is 37.0 Å². The zero-order valence-electron chi connectivity index (χ0n) is 14.1. The molecule has 130 valence electrons. The zero-order valence-corrected chi connectivity index (χ0v) is 14.9. The van der Waals surface area contributed by atoms with E-state index in [1.165, 1.54) is 24.0 Å². The lowest BCUT2D eigenvalue weighted by atomic mass is 9.79. The van der Waals surface area contributed by atoms with E-state index < -0.39 is 10.0 Å². The van der Waals surface area contributed by atoms with E-state index in [1.807, 2.05) is 6.07 Å². The van der Waals surface area contributed by atoms with Crippen molar-refractivity contribution in [3.05, 3.63) is 47.6 Å². The number of hydrogen-bond donors (Lipinski definition) is 0. The minimum absolute atomic E-state index is 0.219. The Kier molecular flexibility index (Phi) is 5.01. The van der Waals surface area contributed by atoms with E-state index in [4.69, 9.17) is 4.52 Å². The van der Waals surface area contributed by atoms with Crippen LogP contribution >= 0.6 is 0 Å². The maximum Gasteiger partial charge on any atom is 0.229 e. The van der Waals surface area contributed by atoms with E-state index in [-0.39, 0.29) is 17.5 Å². The van der Waals surface area contributed by atoms with Gasteiger partial charge in [0.05, 0.1) is 0 Å². The summed E-state index contributed by atoms with van der Waals surface area (Å²) in [5.41, 5.74) is 1.39. The quantitative estimate of drug-likeness (QED) is 0.829. The van der Waals surface area contributed by atoms with E-state index in [9.17, 15) is 8.42 Å². The van der Waals surface area contributed by atoms with Crippen molar-refractivity contribution in [2.45, 2.75) is 43.3 Å². The lowest BCUT2D eigenvalue weighted by Crippen LogP contribution is -2.24. The molecule has 7 heteroatoms. The van der Waals surface area contributed by atoms with Gasteiger partial charge in [0.2, 0.25) is 15.9 Å². The summed E-state index contributed by atoms with van der Waals surface area (Å²) < 4.78 is 30.3. The van der Waals surface area contributed by atoms with Gasteiger partial charge in [-0.2, -0.15) is 4.98 Å². The number of rotatable bonds is 5. The normalized spacial score (nSPS) is 22.0. The zero-order chi connectivity index (χ0) is 17.2. The fraction of sp³-hybridized carbons (Fsp3) is 0.529. The maximum absolute atomic E-state index is 11.9. The predicted molar refractivity (Wildman–Crippen MR) is 91.0 cm³/mol. The van der Waals surface area contributed by atoms with Gasteiger partial charge in [0.25, 0.3) is 0 Å². The lowest BCUT2D eigenvalue weighted by Gasteiger charge is -2.26. The van der Waals surface area contributed by atoms with Crippen LogP contribution in [0.5, 0.6) is 0 Å². The van der Waals surface area contributed by atoms with Crippen molar-refractivity contribution in [2.75, 3.05) is 14.1 Å². The maximum atomic E-state index is 11.9. The topological polar surface area (TPSA) is 76.3 Å². The number of aromatic nitrogens is 2. The Bertz CT molecular complexity index is 763. The predicted octanol–water partition coefficient (Wildman–Crippen LogP) is 2.90. The monoisotopic (exact) mass is 349 g/mol. The second kappa shape index (κ2) is 7.03. The molecule has 1 aliphatic rings. The van der Waals surface area contributed by atoms with Crippen LogP contribution in [0, 0.1) is 0 Å².